The Morgan fingerprint density at radius 2 is 1.68 bits per heavy atom. The van der Waals surface area contributed by atoms with Crippen LogP contribution in [-0.4, -0.2) is 11.8 Å². The average molecular weight is 407 g/mol. The van der Waals surface area contributed by atoms with Crippen molar-refractivity contribution < 1.29 is 9.59 Å². The molecule has 1 unspecified atom stereocenters. The zero-order valence-electron chi connectivity index (χ0n) is 15.1. The molecule has 2 aromatic heterocycles. The number of carbonyl (C=O) groups is 2. The van der Waals surface area contributed by atoms with Crippen molar-refractivity contribution in [1.82, 2.24) is 0 Å². The molecule has 6 heteroatoms. The third kappa shape index (κ3) is 3.56. The van der Waals surface area contributed by atoms with E-state index in [-0.39, 0.29) is 11.8 Å². The summed E-state index contributed by atoms with van der Waals surface area (Å²) in [4.78, 5) is 26.3. The Labute approximate surface area is 170 Å². The summed E-state index contributed by atoms with van der Waals surface area (Å²) in [5, 5.41) is 4.40. The van der Waals surface area contributed by atoms with Gasteiger partial charge in [0.05, 0.1) is 10.4 Å². The third-order valence-electron chi connectivity index (χ3n) is 4.62. The van der Waals surface area contributed by atoms with Gasteiger partial charge in [0.15, 0.2) is 0 Å². The van der Waals surface area contributed by atoms with Gasteiger partial charge >= 0.3 is 0 Å². The number of primary amides is 1. The number of thiophene rings is 2. The van der Waals surface area contributed by atoms with Crippen LogP contribution in [0.25, 0.3) is 10.1 Å². The van der Waals surface area contributed by atoms with Gasteiger partial charge in [0.25, 0.3) is 11.8 Å². The van der Waals surface area contributed by atoms with E-state index in [0.717, 1.165) is 20.5 Å². The number of carbonyl (C=O) groups excluding carboxylic acids is 2. The highest BCUT2D eigenvalue weighted by atomic mass is 32.1. The average Bonchev–Trinajstić information content (AvgIpc) is 3.32. The van der Waals surface area contributed by atoms with Crippen molar-refractivity contribution in [1.29, 1.82) is 0 Å². The highest BCUT2D eigenvalue weighted by Crippen LogP contribution is 2.36. The number of amides is 2. The molecule has 140 valence electrons. The van der Waals surface area contributed by atoms with Crippen molar-refractivity contribution >= 4 is 49.6 Å². The van der Waals surface area contributed by atoms with Gasteiger partial charge in [-0.3, -0.25) is 9.59 Å². The molecule has 2 aromatic carbocycles. The summed E-state index contributed by atoms with van der Waals surface area (Å²) in [6.45, 7) is 2.07. The first-order valence-electron chi connectivity index (χ1n) is 8.81. The van der Waals surface area contributed by atoms with Gasteiger partial charge in [0, 0.05) is 15.5 Å². The van der Waals surface area contributed by atoms with Gasteiger partial charge in [0.2, 0.25) is 0 Å². The van der Waals surface area contributed by atoms with Crippen LogP contribution in [0.15, 0.2) is 66.7 Å². The van der Waals surface area contributed by atoms with Crippen LogP contribution in [0.3, 0.4) is 0 Å². The van der Waals surface area contributed by atoms with Crippen LogP contribution in [-0.2, 0) is 0 Å². The van der Waals surface area contributed by atoms with Crippen molar-refractivity contribution in [3.8, 4) is 0 Å². The summed E-state index contributed by atoms with van der Waals surface area (Å²) in [6, 6.07) is 21.5. The molecule has 0 aliphatic heterocycles. The number of fused-ring (bicyclic) bond motifs is 1. The van der Waals surface area contributed by atoms with Gasteiger partial charge in [-0.1, -0.05) is 55.5 Å². The van der Waals surface area contributed by atoms with Crippen LogP contribution >= 0.6 is 22.7 Å². The zero-order chi connectivity index (χ0) is 19.7. The van der Waals surface area contributed by atoms with E-state index in [2.05, 4.69) is 12.2 Å². The molecular formula is C22H18N2O2S2. The molecule has 0 fully saturated rings. The summed E-state index contributed by atoms with van der Waals surface area (Å²) >= 11 is 2.82. The number of benzene rings is 2. The Hall–Kier alpha value is -2.96. The van der Waals surface area contributed by atoms with E-state index in [1.807, 2.05) is 60.7 Å². The van der Waals surface area contributed by atoms with Gasteiger partial charge in [-0.2, -0.15) is 0 Å². The largest absolute Gasteiger partial charge is 0.366 e. The molecule has 4 nitrogen and oxygen atoms in total. The fourth-order valence-electron chi connectivity index (χ4n) is 3.06. The first-order valence-corrected chi connectivity index (χ1v) is 10.4. The quantitative estimate of drug-likeness (QED) is 0.461. The summed E-state index contributed by atoms with van der Waals surface area (Å²) in [5.74, 6) is -0.682. The molecule has 0 saturated carbocycles. The summed E-state index contributed by atoms with van der Waals surface area (Å²) < 4.78 is 1.05. The maximum Gasteiger partial charge on any atom is 0.266 e. The van der Waals surface area contributed by atoms with E-state index in [1.54, 1.807) is 6.07 Å². The minimum absolute atomic E-state index is 0.0966. The number of rotatable bonds is 5. The number of hydrogen-bond acceptors (Lipinski definition) is 4. The molecule has 3 N–H and O–H groups in total. The van der Waals surface area contributed by atoms with Gasteiger partial charge < -0.3 is 11.1 Å². The van der Waals surface area contributed by atoms with Crippen LogP contribution in [0.5, 0.6) is 0 Å². The van der Waals surface area contributed by atoms with Gasteiger partial charge in [-0.25, -0.2) is 0 Å². The standard InChI is InChI=1S/C22H18N2O2S2/c1-13(14-7-3-2-4-8-14)18-12-16(20(23)25)22(28-18)24-21(26)19-11-15-9-5-6-10-17(15)27-19/h2-13H,1H3,(H2,23,25)(H,24,26). The molecular weight excluding hydrogens is 388 g/mol. The molecule has 0 aliphatic rings. The number of nitrogens with two attached hydrogens (primary N) is 1. The van der Waals surface area contributed by atoms with E-state index in [4.69, 9.17) is 5.73 Å². The Morgan fingerprint density at radius 1 is 0.964 bits per heavy atom. The lowest BCUT2D eigenvalue weighted by molar-refractivity contribution is 0.100. The first kappa shape index (κ1) is 18.4. The summed E-state index contributed by atoms with van der Waals surface area (Å²) in [7, 11) is 0. The van der Waals surface area contributed by atoms with Crippen molar-refractivity contribution in [2.24, 2.45) is 5.73 Å². The second-order valence-corrected chi connectivity index (χ2v) is 8.66. The lowest BCUT2D eigenvalue weighted by Crippen LogP contribution is -2.15. The van der Waals surface area contributed by atoms with Crippen LogP contribution in [0, 0.1) is 0 Å². The highest BCUT2D eigenvalue weighted by Gasteiger charge is 2.21. The second kappa shape index (κ2) is 7.58. The first-order chi connectivity index (χ1) is 13.5. The topological polar surface area (TPSA) is 72.2 Å². The molecule has 4 rings (SSSR count). The Balaban J connectivity index is 1.64. The highest BCUT2D eigenvalue weighted by molar-refractivity contribution is 7.21. The second-order valence-electron chi connectivity index (χ2n) is 6.49. The maximum atomic E-state index is 12.8. The van der Waals surface area contributed by atoms with E-state index in [9.17, 15) is 9.59 Å². The third-order valence-corrected chi connectivity index (χ3v) is 6.97. The van der Waals surface area contributed by atoms with Crippen LogP contribution in [0.4, 0.5) is 5.00 Å². The molecule has 4 aromatic rings. The molecule has 2 amide bonds. The minimum atomic E-state index is -0.547. The zero-order valence-corrected chi connectivity index (χ0v) is 16.8. The summed E-state index contributed by atoms with van der Waals surface area (Å²) in [6.07, 6.45) is 0. The molecule has 0 bridgehead atoms. The fraction of sp³-hybridized carbons (Fsp3) is 0.0909. The lowest BCUT2D eigenvalue weighted by atomic mass is 9.99. The van der Waals surface area contributed by atoms with E-state index < -0.39 is 5.91 Å². The Kier molecular flexibility index (Phi) is 4.98. The van der Waals surface area contributed by atoms with E-state index in [1.165, 1.54) is 22.7 Å². The van der Waals surface area contributed by atoms with Crippen molar-refractivity contribution in [2.75, 3.05) is 5.32 Å². The molecule has 0 saturated heterocycles. The maximum absolute atomic E-state index is 12.8. The van der Waals surface area contributed by atoms with Crippen molar-refractivity contribution in [3.05, 3.63) is 87.6 Å². The molecule has 2 heterocycles. The number of nitrogens with one attached hydrogen (secondary N) is 1. The monoisotopic (exact) mass is 406 g/mol. The molecule has 0 aliphatic carbocycles. The number of hydrogen-bond donors (Lipinski definition) is 2. The van der Waals surface area contributed by atoms with Crippen LogP contribution < -0.4 is 11.1 Å². The van der Waals surface area contributed by atoms with Crippen molar-refractivity contribution in [2.45, 2.75) is 12.8 Å². The van der Waals surface area contributed by atoms with Crippen LogP contribution in [0.2, 0.25) is 0 Å². The Morgan fingerprint density at radius 3 is 2.39 bits per heavy atom. The van der Waals surface area contributed by atoms with E-state index in [0.29, 0.717) is 15.4 Å². The Bertz CT molecular complexity index is 1130. The predicted octanol–water partition coefficient (Wildman–Crippen LogP) is 5.47. The molecule has 0 spiro atoms. The van der Waals surface area contributed by atoms with Gasteiger partial charge in [-0.05, 0) is 29.1 Å². The smallest absolute Gasteiger partial charge is 0.266 e. The normalized spacial score (nSPS) is 12.0. The lowest BCUT2D eigenvalue weighted by Gasteiger charge is -2.09. The minimum Gasteiger partial charge on any atom is -0.366 e. The van der Waals surface area contributed by atoms with Crippen molar-refractivity contribution in [3.63, 3.8) is 0 Å². The fourth-order valence-corrected chi connectivity index (χ4v) is 5.16. The predicted molar refractivity (Wildman–Crippen MR) is 117 cm³/mol. The van der Waals surface area contributed by atoms with Gasteiger partial charge in [0.1, 0.15) is 5.00 Å². The molecule has 28 heavy (non-hydrogen) atoms. The number of anilines is 1. The summed E-state index contributed by atoms with van der Waals surface area (Å²) in [5.41, 5.74) is 7.05. The van der Waals surface area contributed by atoms with Gasteiger partial charge in [-0.15, -0.1) is 22.7 Å². The van der Waals surface area contributed by atoms with E-state index >= 15 is 0 Å². The molecule has 1 atom stereocenters. The SMILES string of the molecule is CC(c1ccccc1)c1cc(C(N)=O)c(NC(=O)c2cc3ccccc3s2)s1. The van der Waals surface area contributed by atoms with Crippen LogP contribution in [0.1, 0.15) is 43.3 Å². The molecule has 0 radical (unpaired) electrons.